The molecule has 2 aliphatic rings. The number of hydrogen-bond acceptors (Lipinski definition) is 1. The van der Waals surface area contributed by atoms with Crippen molar-refractivity contribution in [2.45, 2.75) is 123 Å². The molecule has 3 rings (SSSR count). The van der Waals surface area contributed by atoms with Gasteiger partial charge in [0.25, 0.3) is 0 Å². The summed E-state index contributed by atoms with van der Waals surface area (Å²) < 4.78 is 6.06. The van der Waals surface area contributed by atoms with E-state index in [2.05, 4.69) is 38.1 Å². The zero-order chi connectivity index (χ0) is 21.7. The maximum absolute atomic E-state index is 6.06. The predicted octanol–water partition coefficient (Wildman–Crippen LogP) is 9.38. The molecule has 0 aromatic heterocycles. The van der Waals surface area contributed by atoms with Gasteiger partial charge in [-0.15, -0.1) is 0 Å². The summed E-state index contributed by atoms with van der Waals surface area (Å²) in [5.74, 6) is 5.03. The van der Waals surface area contributed by atoms with Crippen LogP contribution in [0.4, 0.5) is 0 Å². The molecule has 0 amide bonds. The minimum atomic E-state index is 0.885. The Labute approximate surface area is 193 Å². The zero-order valence-corrected chi connectivity index (χ0v) is 20.8. The lowest BCUT2D eigenvalue weighted by Gasteiger charge is -2.28. The Hall–Kier alpha value is -0.980. The Morgan fingerprint density at radius 3 is 1.77 bits per heavy atom. The third-order valence-corrected chi connectivity index (χ3v) is 8.52. The van der Waals surface area contributed by atoms with Crippen LogP contribution >= 0.6 is 0 Å². The summed E-state index contributed by atoms with van der Waals surface area (Å²) in [5, 5.41) is 0. The molecule has 0 aliphatic heterocycles. The van der Waals surface area contributed by atoms with Gasteiger partial charge in [0.05, 0.1) is 6.61 Å². The number of rotatable bonds is 13. The van der Waals surface area contributed by atoms with Gasteiger partial charge in [-0.05, 0) is 67.1 Å². The topological polar surface area (TPSA) is 9.23 Å². The second-order valence-corrected chi connectivity index (χ2v) is 10.9. The standard InChI is InChI=1S/C30H50O/c1-3-5-6-8-26-14-16-27(17-15-26)9-7-24-31-30-22-20-29(21-23-30)19-18-28-12-10-25(4-2)11-13-28/h20-23,25-28H,3-19,24H2,1-2H3. The molecule has 2 fully saturated rings. The van der Waals surface area contributed by atoms with Gasteiger partial charge in [-0.2, -0.15) is 0 Å². The molecule has 31 heavy (non-hydrogen) atoms. The Kier molecular flexibility index (Phi) is 11.3. The molecule has 0 heterocycles. The van der Waals surface area contributed by atoms with Crippen LogP contribution in [0.2, 0.25) is 0 Å². The lowest BCUT2D eigenvalue weighted by atomic mass is 9.78. The van der Waals surface area contributed by atoms with Crippen LogP contribution < -0.4 is 4.74 Å². The molecule has 0 bridgehead atoms. The van der Waals surface area contributed by atoms with Crippen LogP contribution in [0.25, 0.3) is 0 Å². The van der Waals surface area contributed by atoms with Crippen molar-refractivity contribution in [1.82, 2.24) is 0 Å². The van der Waals surface area contributed by atoms with E-state index < -0.39 is 0 Å². The maximum Gasteiger partial charge on any atom is 0.119 e. The lowest BCUT2D eigenvalue weighted by Crippen LogP contribution is -2.15. The van der Waals surface area contributed by atoms with Gasteiger partial charge in [0.15, 0.2) is 0 Å². The first kappa shape index (κ1) is 24.7. The van der Waals surface area contributed by atoms with Gasteiger partial charge in [0.2, 0.25) is 0 Å². The fraction of sp³-hybridized carbons (Fsp3) is 0.800. The van der Waals surface area contributed by atoms with Crippen LogP contribution in [0.15, 0.2) is 24.3 Å². The van der Waals surface area contributed by atoms with Gasteiger partial charge in [-0.1, -0.05) is 109 Å². The van der Waals surface area contributed by atoms with E-state index in [-0.39, 0.29) is 0 Å². The van der Waals surface area contributed by atoms with Crippen LogP contribution in [-0.2, 0) is 6.42 Å². The van der Waals surface area contributed by atoms with E-state index in [9.17, 15) is 0 Å². The highest BCUT2D eigenvalue weighted by Gasteiger charge is 2.21. The Balaban J connectivity index is 1.23. The summed E-state index contributed by atoms with van der Waals surface area (Å²) in [7, 11) is 0. The Morgan fingerprint density at radius 1 is 0.645 bits per heavy atom. The van der Waals surface area contributed by atoms with E-state index in [1.54, 1.807) is 0 Å². The van der Waals surface area contributed by atoms with Gasteiger partial charge in [-0.3, -0.25) is 0 Å². The number of hydrogen-bond donors (Lipinski definition) is 0. The number of unbranched alkanes of at least 4 members (excludes halogenated alkanes) is 2. The maximum atomic E-state index is 6.06. The van der Waals surface area contributed by atoms with Gasteiger partial charge >= 0.3 is 0 Å². The summed E-state index contributed by atoms with van der Waals surface area (Å²) in [6.45, 7) is 5.55. The summed E-state index contributed by atoms with van der Waals surface area (Å²) in [4.78, 5) is 0. The third-order valence-electron chi connectivity index (χ3n) is 8.52. The predicted molar refractivity (Wildman–Crippen MR) is 135 cm³/mol. The first-order valence-corrected chi connectivity index (χ1v) is 14.0. The molecule has 2 aliphatic carbocycles. The van der Waals surface area contributed by atoms with Crippen molar-refractivity contribution < 1.29 is 4.74 Å². The zero-order valence-electron chi connectivity index (χ0n) is 20.8. The van der Waals surface area contributed by atoms with Crippen molar-refractivity contribution in [3.8, 4) is 5.75 Å². The fourth-order valence-corrected chi connectivity index (χ4v) is 6.11. The van der Waals surface area contributed by atoms with Crippen LogP contribution in [0.3, 0.4) is 0 Å². The van der Waals surface area contributed by atoms with E-state index >= 15 is 0 Å². The van der Waals surface area contributed by atoms with Crippen molar-refractivity contribution >= 4 is 0 Å². The molecule has 176 valence electrons. The molecular formula is C30H50O. The molecule has 0 atom stereocenters. The molecular weight excluding hydrogens is 376 g/mol. The summed E-state index contributed by atoms with van der Waals surface area (Å²) in [5.41, 5.74) is 1.49. The monoisotopic (exact) mass is 426 g/mol. The molecule has 0 N–H and O–H groups in total. The van der Waals surface area contributed by atoms with E-state index in [1.165, 1.54) is 115 Å². The van der Waals surface area contributed by atoms with Crippen molar-refractivity contribution in [3.63, 3.8) is 0 Å². The Morgan fingerprint density at radius 2 is 1.19 bits per heavy atom. The average molecular weight is 427 g/mol. The summed E-state index contributed by atoms with van der Waals surface area (Å²) >= 11 is 0. The molecule has 1 nitrogen and oxygen atoms in total. The van der Waals surface area contributed by atoms with Crippen molar-refractivity contribution in [3.05, 3.63) is 29.8 Å². The van der Waals surface area contributed by atoms with E-state index in [1.807, 2.05) is 0 Å². The fourth-order valence-electron chi connectivity index (χ4n) is 6.11. The van der Waals surface area contributed by atoms with Crippen molar-refractivity contribution in [2.75, 3.05) is 6.61 Å². The molecule has 1 aromatic carbocycles. The molecule has 1 aromatic rings. The van der Waals surface area contributed by atoms with Gasteiger partial charge in [0, 0.05) is 0 Å². The first-order chi connectivity index (χ1) is 15.3. The smallest absolute Gasteiger partial charge is 0.119 e. The molecule has 2 saturated carbocycles. The highest BCUT2D eigenvalue weighted by Crippen LogP contribution is 2.35. The van der Waals surface area contributed by atoms with Gasteiger partial charge in [-0.25, -0.2) is 0 Å². The number of benzene rings is 1. The van der Waals surface area contributed by atoms with Crippen molar-refractivity contribution in [1.29, 1.82) is 0 Å². The number of ether oxygens (including phenoxy) is 1. The highest BCUT2D eigenvalue weighted by atomic mass is 16.5. The summed E-state index contributed by atoms with van der Waals surface area (Å²) in [6, 6.07) is 9.00. The van der Waals surface area contributed by atoms with Crippen LogP contribution in [0.5, 0.6) is 5.75 Å². The first-order valence-electron chi connectivity index (χ1n) is 14.0. The van der Waals surface area contributed by atoms with Crippen LogP contribution in [0.1, 0.15) is 122 Å². The van der Waals surface area contributed by atoms with E-state index in [4.69, 9.17) is 4.74 Å². The average Bonchev–Trinajstić information content (AvgIpc) is 2.82. The molecule has 0 radical (unpaired) electrons. The molecule has 1 heteroatoms. The summed E-state index contributed by atoms with van der Waals surface area (Å²) in [6.07, 6.45) is 24.0. The van der Waals surface area contributed by atoms with Crippen LogP contribution in [0, 0.1) is 23.7 Å². The quantitative estimate of drug-likeness (QED) is 0.285. The minimum absolute atomic E-state index is 0.885. The third kappa shape index (κ3) is 9.19. The largest absolute Gasteiger partial charge is 0.494 e. The SMILES string of the molecule is CCCCCC1CCC(CCCOc2ccc(CCC3CCC(CC)CC3)cc2)CC1. The minimum Gasteiger partial charge on any atom is -0.494 e. The highest BCUT2D eigenvalue weighted by molar-refractivity contribution is 5.27. The second kappa shape index (κ2) is 14.2. The Bertz CT molecular complexity index is 561. The number of aryl methyl sites for hydroxylation is 1. The second-order valence-electron chi connectivity index (χ2n) is 10.9. The van der Waals surface area contributed by atoms with Gasteiger partial charge < -0.3 is 4.74 Å². The molecule has 0 saturated heterocycles. The van der Waals surface area contributed by atoms with Gasteiger partial charge in [0.1, 0.15) is 5.75 Å². The van der Waals surface area contributed by atoms with Crippen molar-refractivity contribution in [2.24, 2.45) is 23.7 Å². The van der Waals surface area contributed by atoms with E-state index in [0.29, 0.717) is 0 Å². The lowest BCUT2D eigenvalue weighted by molar-refractivity contribution is 0.228. The molecule has 0 spiro atoms. The molecule has 0 unspecified atom stereocenters. The van der Waals surface area contributed by atoms with E-state index in [0.717, 1.165) is 36.0 Å². The normalized spacial score (nSPS) is 26.6. The van der Waals surface area contributed by atoms with Crippen LogP contribution in [-0.4, -0.2) is 6.61 Å².